The first-order chi connectivity index (χ1) is 13.2. The first-order valence-corrected chi connectivity index (χ1v) is 12.5. The lowest BCUT2D eigenvalue weighted by molar-refractivity contribution is -0.155. The zero-order valence-corrected chi connectivity index (χ0v) is 19.4. The van der Waals surface area contributed by atoms with Crippen LogP contribution < -0.4 is 4.72 Å². The van der Waals surface area contributed by atoms with Crippen molar-refractivity contribution in [3.63, 3.8) is 0 Å². The van der Waals surface area contributed by atoms with Gasteiger partial charge in [-0.25, -0.2) is 8.93 Å². The fourth-order valence-electron chi connectivity index (χ4n) is 4.42. The van der Waals surface area contributed by atoms with Crippen LogP contribution >= 0.6 is 11.8 Å². The molecule has 1 amide bonds. The molecule has 0 spiro atoms. The number of thioether (sulfide) groups is 1. The van der Waals surface area contributed by atoms with E-state index < -0.39 is 11.0 Å². The van der Waals surface area contributed by atoms with Crippen LogP contribution in [0, 0.1) is 5.92 Å². The van der Waals surface area contributed by atoms with Crippen LogP contribution in [0.1, 0.15) is 71.4 Å². The lowest BCUT2D eigenvalue weighted by Gasteiger charge is -2.56. The summed E-state index contributed by atoms with van der Waals surface area (Å²) >= 11 is 1.86. The van der Waals surface area contributed by atoms with Crippen LogP contribution in [0.15, 0.2) is 29.2 Å². The number of hydrogen-bond donors (Lipinski definition) is 1. The van der Waals surface area contributed by atoms with Crippen molar-refractivity contribution < 1.29 is 9.00 Å². The van der Waals surface area contributed by atoms with Crippen molar-refractivity contribution in [2.45, 2.75) is 81.0 Å². The molecule has 0 aromatic heterocycles. The highest BCUT2D eigenvalue weighted by Crippen LogP contribution is 2.50. The summed E-state index contributed by atoms with van der Waals surface area (Å²) < 4.78 is 16.1. The Morgan fingerprint density at radius 3 is 2.39 bits per heavy atom. The second-order valence-corrected chi connectivity index (χ2v) is 12.3. The van der Waals surface area contributed by atoms with E-state index in [0.29, 0.717) is 0 Å². The van der Waals surface area contributed by atoms with Crippen LogP contribution in [0.4, 0.5) is 0 Å². The molecule has 0 radical (unpaired) electrons. The Labute approximate surface area is 176 Å². The smallest absolute Gasteiger partial charge is 0.225 e. The maximum Gasteiger partial charge on any atom is 0.225 e. The van der Waals surface area contributed by atoms with Crippen molar-refractivity contribution >= 4 is 28.7 Å². The van der Waals surface area contributed by atoms with E-state index in [-0.39, 0.29) is 28.2 Å². The fourth-order valence-corrected chi connectivity index (χ4v) is 6.12. The normalized spacial score (nSPS) is 27.1. The van der Waals surface area contributed by atoms with Crippen LogP contribution in [0.5, 0.6) is 0 Å². The van der Waals surface area contributed by atoms with Crippen LogP contribution in [0.3, 0.4) is 0 Å². The van der Waals surface area contributed by atoms with Gasteiger partial charge in [-0.3, -0.25) is 4.79 Å². The first-order valence-electron chi connectivity index (χ1n) is 10.4. The maximum atomic E-state index is 13.1. The van der Waals surface area contributed by atoms with Crippen molar-refractivity contribution in [1.82, 2.24) is 9.62 Å². The van der Waals surface area contributed by atoms with Crippen molar-refractivity contribution in [3.05, 3.63) is 29.8 Å². The molecule has 1 aromatic carbocycles. The average molecular weight is 423 g/mol. The Hall–Kier alpha value is -0.850. The van der Waals surface area contributed by atoms with Gasteiger partial charge in [0.2, 0.25) is 5.91 Å². The standard InChI is InChI=1S/C22H34N2O2S2/c1-6-15-27-18-9-7-16(8-10-18)19(23-28(26)21(2,3)4)22-13-11-17(12-14-22)20(25)24(22)5/h7-10,17,19,23H,6,11-15H2,1-5H3/t17?,19-,22?,28-/m1/s1. The first kappa shape index (κ1) is 21.8. The summed E-state index contributed by atoms with van der Waals surface area (Å²) in [6.45, 7) is 8.15. The number of carbonyl (C=O) groups is 1. The second kappa shape index (κ2) is 8.49. The number of fused-ring (bicyclic) bond motifs is 3. The minimum Gasteiger partial charge on any atom is -0.338 e. The summed E-state index contributed by atoms with van der Waals surface area (Å²) in [6, 6.07) is 8.51. The molecule has 1 N–H and O–H groups in total. The van der Waals surface area contributed by atoms with Crippen molar-refractivity contribution in [2.24, 2.45) is 5.92 Å². The fraction of sp³-hybridized carbons (Fsp3) is 0.682. The molecule has 2 bridgehead atoms. The van der Waals surface area contributed by atoms with Gasteiger partial charge in [-0.05, 0) is 76.3 Å². The Kier molecular flexibility index (Phi) is 6.62. The SMILES string of the molecule is CCCSc1ccc([C@@H](N[S@](=O)C(C)(C)C)C23CCC(CC2)C(=O)N3C)cc1. The largest absolute Gasteiger partial charge is 0.338 e. The van der Waals surface area contributed by atoms with E-state index in [2.05, 4.69) is 35.9 Å². The number of benzene rings is 1. The number of amides is 1. The number of carbonyl (C=O) groups excluding carboxylic acids is 1. The molecule has 4 rings (SSSR count). The van der Waals surface area contributed by atoms with Gasteiger partial charge >= 0.3 is 0 Å². The van der Waals surface area contributed by atoms with Crippen molar-refractivity contribution in [3.8, 4) is 0 Å². The zero-order chi connectivity index (χ0) is 20.5. The molecule has 28 heavy (non-hydrogen) atoms. The molecule has 3 fully saturated rings. The number of nitrogens with zero attached hydrogens (tertiary/aromatic N) is 1. The third kappa shape index (κ3) is 4.19. The van der Waals surface area contributed by atoms with Gasteiger partial charge in [0.1, 0.15) is 0 Å². The molecule has 6 heteroatoms. The topological polar surface area (TPSA) is 49.4 Å². The minimum atomic E-state index is -1.21. The third-order valence-electron chi connectivity index (χ3n) is 6.20. The second-order valence-electron chi connectivity index (χ2n) is 9.12. The summed E-state index contributed by atoms with van der Waals surface area (Å²) in [5.74, 6) is 1.53. The molecule has 1 saturated carbocycles. The molecule has 2 heterocycles. The highest BCUT2D eigenvalue weighted by atomic mass is 32.2. The number of piperidine rings is 2. The molecule has 156 valence electrons. The summed E-state index contributed by atoms with van der Waals surface area (Å²) in [4.78, 5) is 16.0. The molecule has 2 aliphatic heterocycles. The van der Waals surface area contributed by atoms with Gasteiger partial charge in [-0.1, -0.05) is 19.1 Å². The van der Waals surface area contributed by atoms with Gasteiger partial charge in [-0.2, -0.15) is 0 Å². The van der Waals surface area contributed by atoms with E-state index in [1.54, 1.807) is 0 Å². The predicted octanol–water partition coefficient (Wildman–Crippen LogP) is 4.68. The quantitative estimate of drug-likeness (QED) is 0.649. The Bertz CT molecular complexity index is 719. The molecular weight excluding hydrogens is 388 g/mol. The number of rotatable bonds is 7. The summed E-state index contributed by atoms with van der Waals surface area (Å²) in [5.41, 5.74) is 0.823. The molecule has 1 aliphatic carbocycles. The van der Waals surface area contributed by atoms with Gasteiger partial charge in [0, 0.05) is 17.9 Å². The summed E-state index contributed by atoms with van der Waals surface area (Å²) in [6.07, 6.45) is 4.96. The van der Waals surface area contributed by atoms with E-state index in [4.69, 9.17) is 0 Å². The molecule has 3 aliphatic rings. The van der Waals surface area contributed by atoms with E-state index >= 15 is 0 Å². The van der Waals surface area contributed by atoms with Gasteiger partial charge in [0.05, 0.1) is 27.3 Å². The monoisotopic (exact) mass is 422 g/mol. The zero-order valence-electron chi connectivity index (χ0n) is 17.8. The van der Waals surface area contributed by atoms with Gasteiger partial charge in [0.25, 0.3) is 0 Å². The van der Waals surface area contributed by atoms with Gasteiger partial charge < -0.3 is 4.90 Å². The number of hydrogen-bond acceptors (Lipinski definition) is 3. The lowest BCUT2D eigenvalue weighted by Crippen LogP contribution is -2.65. The van der Waals surface area contributed by atoms with Gasteiger partial charge in [0.15, 0.2) is 0 Å². The maximum absolute atomic E-state index is 13.1. The Morgan fingerprint density at radius 1 is 1.25 bits per heavy atom. The van der Waals surface area contributed by atoms with Crippen LogP contribution in [0.25, 0.3) is 0 Å². The Morgan fingerprint density at radius 2 is 1.86 bits per heavy atom. The van der Waals surface area contributed by atoms with Crippen LogP contribution in [0.2, 0.25) is 0 Å². The molecule has 0 unspecified atom stereocenters. The predicted molar refractivity (Wildman–Crippen MR) is 119 cm³/mol. The molecule has 4 nitrogen and oxygen atoms in total. The third-order valence-corrected chi connectivity index (χ3v) is 8.98. The number of nitrogens with one attached hydrogen (secondary N) is 1. The molecular formula is C22H34N2O2S2. The van der Waals surface area contributed by atoms with Crippen LogP contribution in [-0.2, 0) is 15.8 Å². The highest BCUT2D eigenvalue weighted by Gasteiger charge is 2.54. The number of likely N-dealkylation sites (N-methyl/N-ethyl adjacent to an activating group) is 1. The molecule has 2 atom stereocenters. The van der Waals surface area contributed by atoms with Crippen molar-refractivity contribution in [1.29, 1.82) is 0 Å². The van der Waals surface area contributed by atoms with Crippen LogP contribution in [-0.4, -0.2) is 38.1 Å². The summed E-state index contributed by atoms with van der Waals surface area (Å²) in [5, 5.41) is 0. The highest BCUT2D eigenvalue weighted by molar-refractivity contribution is 7.99. The average Bonchev–Trinajstić information content (AvgIpc) is 2.68. The van der Waals surface area contributed by atoms with Gasteiger partial charge in [-0.15, -0.1) is 11.8 Å². The molecule has 1 aromatic rings. The molecule has 2 saturated heterocycles. The van der Waals surface area contributed by atoms with Crippen molar-refractivity contribution in [2.75, 3.05) is 12.8 Å². The summed E-state index contributed by atoms with van der Waals surface area (Å²) in [7, 11) is 0.729. The van der Waals surface area contributed by atoms with E-state index in [0.717, 1.165) is 43.4 Å². The van der Waals surface area contributed by atoms with E-state index in [9.17, 15) is 9.00 Å². The van der Waals surface area contributed by atoms with E-state index in [1.165, 1.54) is 4.90 Å². The Balaban J connectivity index is 1.95. The minimum absolute atomic E-state index is 0.131. The van der Waals surface area contributed by atoms with E-state index in [1.807, 2.05) is 44.5 Å². The lowest BCUT2D eigenvalue weighted by atomic mass is 9.65.